The molecular weight excluding hydrogens is 432 g/mol. The summed E-state index contributed by atoms with van der Waals surface area (Å²) in [4.78, 5) is 17.0. The molecule has 1 amide bonds. The van der Waals surface area contributed by atoms with Gasteiger partial charge < -0.3 is 19.7 Å². The number of sulfonamides is 1. The number of amides is 1. The Hall–Kier alpha value is -2.66. The highest BCUT2D eigenvalue weighted by atomic mass is 32.2. The van der Waals surface area contributed by atoms with Crippen molar-refractivity contribution in [1.29, 1.82) is 0 Å². The Morgan fingerprint density at radius 2 is 1.59 bits per heavy atom. The van der Waals surface area contributed by atoms with Crippen LogP contribution in [0.2, 0.25) is 0 Å². The highest BCUT2D eigenvalue weighted by Gasteiger charge is 2.19. The van der Waals surface area contributed by atoms with Gasteiger partial charge in [-0.2, -0.15) is 0 Å². The second-order valence-electron chi connectivity index (χ2n) is 8.02. The molecule has 3 N–H and O–H groups in total. The fourth-order valence-electron chi connectivity index (χ4n) is 3.81. The molecule has 172 valence electrons. The van der Waals surface area contributed by atoms with E-state index in [2.05, 4.69) is 21.2 Å². The molecule has 0 atom stereocenters. The van der Waals surface area contributed by atoms with Gasteiger partial charge in [0, 0.05) is 52.2 Å². The van der Waals surface area contributed by atoms with Gasteiger partial charge in [0.15, 0.2) is 11.5 Å². The van der Waals surface area contributed by atoms with Gasteiger partial charge in [-0.3, -0.25) is 9.69 Å². The second kappa shape index (κ2) is 9.86. The molecule has 9 nitrogen and oxygen atoms in total. The lowest BCUT2D eigenvalue weighted by molar-refractivity contribution is -0.121. The van der Waals surface area contributed by atoms with Crippen molar-refractivity contribution in [2.45, 2.75) is 24.4 Å². The largest absolute Gasteiger partial charge is 0.454 e. The number of primary sulfonamides is 1. The predicted molar refractivity (Wildman–Crippen MR) is 119 cm³/mol. The van der Waals surface area contributed by atoms with Crippen molar-refractivity contribution in [3.63, 3.8) is 0 Å². The molecule has 2 aliphatic rings. The molecule has 4 rings (SSSR count). The molecule has 0 radical (unpaired) electrons. The van der Waals surface area contributed by atoms with Gasteiger partial charge in [-0.15, -0.1) is 0 Å². The number of piperazine rings is 1. The first kappa shape index (κ1) is 22.5. The van der Waals surface area contributed by atoms with Crippen LogP contribution in [0.15, 0.2) is 47.4 Å². The van der Waals surface area contributed by atoms with Gasteiger partial charge in [-0.1, -0.05) is 18.2 Å². The molecule has 1 saturated heterocycles. The molecule has 32 heavy (non-hydrogen) atoms. The number of nitrogens with two attached hydrogens (primary N) is 1. The van der Waals surface area contributed by atoms with Crippen molar-refractivity contribution in [3.05, 3.63) is 53.6 Å². The van der Waals surface area contributed by atoms with Crippen LogP contribution in [0.5, 0.6) is 11.5 Å². The lowest BCUT2D eigenvalue weighted by atomic mass is 10.1. The molecule has 0 aliphatic carbocycles. The van der Waals surface area contributed by atoms with Crippen molar-refractivity contribution in [1.82, 2.24) is 15.1 Å². The molecule has 0 spiro atoms. The van der Waals surface area contributed by atoms with E-state index in [1.165, 1.54) is 17.7 Å². The summed E-state index contributed by atoms with van der Waals surface area (Å²) in [5.41, 5.74) is 2.03. The first-order valence-electron chi connectivity index (χ1n) is 10.6. The van der Waals surface area contributed by atoms with Crippen LogP contribution in [0.25, 0.3) is 0 Å². The number of fused-ring (bicyclic) bond motifs is 1. The molecule has 2 heterocycles. The van der Waals surface area contributed by atoms with E-state index in [0.29, 0.717) is 19.5 Å². The molecule has 2 aromatic carbocycles. The molecule has 10 heteroatoms. The van der Waals surface area contributed by atoms with Crippen LogP contribution in [0.1, 0.15) is 17.5 Å². The molecule has 0 saturated carbocycles. The number of nitrogens with zero attached hydrogens (tertiary/aromatic N) is 2. The summed E-state index contributed by atoms with van der Waals surface area (Å²) >= 11 is 0. The Labute approximate surface area is 188 Å². The summed E-state index contributed by atoms with van der Waals surface area (Å²) in [6.45, 7) is 5.98. The van der Waals surface area contributed by atoms with Gasteiger partial charge in [0.25, 0.3) is 0 Å². The number of rotatable bonds is 8. The van der Waals surface area contributed by atoms with Crippen LogP contribution in [0.4, 0.5) is 0 Å². The number of ether oxygens (including phenoxy) is 2. The summed E-state index contributed by atoms with van der Waals surface area (Å²) < 4.78 is 33.4. The summed E-state index contributed by atoms with van der Waals surface area (Å²) in [7, 11) is -3.70. The molecule has 0 aromatic heterocycles. The van der Waals surface area contributed by atoms with Crippen LogP contribution in [-0.4, -0.2) is 63.6 Å². The van der Waals surface area contributed by atoms with E-state index in [0.717, 1.165) is 49.8 Å². The van der Waals surface area contributed by atoms with Gasteiger partial charge in [0.05, 0.1) is 4.90 Å². The van der Waals surface area contributed by atoms with E-state index < -0.39 is 10.0 Å². The van der Waals surface area contributed by atoms with Crippen molar-refractivity contribution >= 4 is 15.9 Å². The Kier molecular flexibility index (Phi) is 6.95. The number of nitrogens with one attached hydrogen (secondary N) is 1. The third-order valence-electron chi connectivity index (χ3n) is 5.70. The zero-order valence-corrected chi connectivity index (χ0v) is 18.6. The van der Waals surface area contributed by atoms with Crippen LogP contribution in [-0.2, 0) is 27.9 Å². The SMILES string of the molecule is NS(=O)(=O)c1ccc(CNC(=O)CCN2CCN(Cc3ccc4c(c3)OCO4)CC2)cc1. The fourth-order valence-corrected chi connectivity index (χ4v) is 4.33. The van der Waals surface area contributed by atoms with E-state index in [9.17, 15) is 13.2 Å². The highest BCUT2D eigenvalue weighted by molar-refractivity contribution is 7.89. The van der Waals surface area contributed by atoms with Crippen LogP contribution in [0, 0.1) is 0 Å². The second-order valence-corrected chi connectivity index (χ2v) is 9.58. The first-order valence-corrected chi connectivity index (χ1v) is 12.1. The highest BCUT2D eigenvalue weighted by Crippen LogP contribution is 2.32. The molecule has 2 aromatic rings. The number of hydrogen-bond acceptors (Lipinski definition) is 7. The average molecular weight is 461 g/mol. The Morgan fingerprint density at radius 3 is 2.31 bits per heavy atom. The smallest absolute Gasteiger partial charge is 0.238 e. The number of benzene rings is 2. The minimum absolute atomic E-state index is 0.0247. The first-order chi connectivity index (χ1) is 15.4. The zero-order chi connectivity index (χ0) is 22.6. The Balaban J connectivity index is 1.14. The monoisotopic (exact) mass is 460 g/mol. The van der Waals surface area contributed by atoms with Gasteiger partial charge in [0.2, 0.25) is 22.7 Å². The van der Waals surface area contributed by atoms with Gasteiger partial charge in [-0.05, 0) is 35.4 Å². The van der Waals surface area contributed by atoms with E-state index >= 15 is 0 Å². The van der Waals surface area contributed by atoms with Crippen molar-refractivity contribution in [2.24, 2.45) is 5.14 Å². The minimum Gasteiger partial charge on any atom is -0.454 e. The van der Waals surface area contributed by atoms with Gasteiger partial charge >= 0.3 is 0 Å². The summed E-state index contributed by atoms with van der Waals surface area (Å²) in [6.07, 6.45) is 0.428. The third-order valence-corrected chi connectivity index (χ3v) is 6.63. The zero-order valence-electron chi connectivity index (χ0n) is 17.8. The third kappa shape index (κ3) is 5.98. The summed E-state index contributed by atoms with van der Waals surface area (Å²) in [5.74, 6) is 1.59. The minimum atomic E-state index is -3.70. The number of carbonyl (C=O) groups excluding carboxylic acids is 1. The van der Waals surface area contributed by atoms with E-state index in [1.54, 1.807) is 12.1 Å². The van der Waals surface area contributed by atoms with Crippen LogP contribution in [0.3, 0.4) is 0 Å². The standard InChI is InChI=1S/C22H28N4O5S/c23-32(28,29)19-4-1-17(2-5-19)14-24-22(27)7-8-25-9-11-26(12-10-25)15-18-3-6-20-21(13-18)31-16-30-20/h1-6,13H,7-12,14-16H2,(H,24,27)(H2,23,28,29). The van der Waals surface area contributed by atoms with Gasteiger partial charge in [-0.25, -0.2) is 13.6 Å². The van der Waals surface area contributed by atoms with Gasteiger partial charge in [0.1, 0.15) is 0 Å². The maximum Gasteiger partial charge on any atom is 0.238 e. The van der Waals surface area contributed by atoms with E-state index in [4.69, 9.17) is 14.6 Å². The average Bonchev–Trinajstić information content (AvgIpc) is 3.25. The summed E-state index contributed by atoms with van der Waals surface area (Å²) in [6, 6.07) is 12.3. The normalized spacial score (nSPS) is 16.8. The van der Waals surface area contributed by atoms with Crippen LogP contribution >= 0.6 is 0 Å². The van der Waals surface area contributed by atoms with Crippen LogP contribution < -0.4 is 19.9 Å². The molecule has 0 bridgehead atoms. The molecule has 1 fully saturated rings. The van der Waals surface area contributed by atoms with E-state index in [1.807, 2.05) is 12.1 Å². The van der Waals surface area contributed by atoms with Crippen molar-refractivity contribution in [2.75, 3.05) is 39.5 Å². The quantitative estimate of drug-likeness (QED) is 0.601. The predicted octanol–water partition coefficient (Wildman–Crippen LogP) is 0.887. The van der Waals surface area contributed by atoms with Crippen molar-refractivity contribution < 1.29 is 22.7 Å². The Morgan fingerprint density at radius 1 is 0.938 bits per heavy atom. The topological polar surface area (TPSA) is 114 Å². The molecule has 2 aliphatic heterocycles. The fraction of sp³-hybridized carbons (Fsp3) is 0.409. The molecule has 0 unspecified atom stereocenters. The number of carbonyl (C=O) groups is 1. The lowest BCUT2D eigenvalue weighted by Crippen LogP contribution is -2.46. The maximum absolute atomic E-state index is 12.2. The number of hydrogen-bond donors (Lipinski definition) is 2. The lowest BCUT2D eigenvalue weighted by Gasteiger charge is -2.34. The van der Waals surface area contributed by atoms with E-state index in [-0.39, 0.29) is 17.6 Å². The molecular formula is C22H28N4O5S. The maximum atomic E-state index is 12.2. The van der Waals surface area contributed by atoms with Crippen molar-refractivity contribution in [3.8, 4) is 11.5 Å². The summed E-state index contributed by atoms with van der Waals surface area (Å²) in [5, 5.41) is 7.97. The Bertz CT molecular complexity index is 1050.